The Balaban J connectivity index is 1.69. The summed E-state index contributed by atoms with van der Waals surface area (Å²) in [6, 6.07) is 6.12. The number of hydrogen-bond donors (Lipinski definition) is 3. The molecule has 2 aliphatic heterocycles. The second-order valence-corrected chi connectivity index (χ2v) is 10.7. The molecule has 3 N–H and O–H groups in total. The average molecular weight is 394 g/mol. The third-order valence-corrected chi connectivity index (χ3v) is 7.24. The minimum Gasteiger partial charge on any atom is -0.326 e. The molecule has 2 heterocycles. The fourth-order valence-corrected chi connectivity index (χ4v) is 5.99. The Morgan fingerprint density at radius 1 is 1.19 bits per heavy atom. The van der Waals surface area contributed by atoms with Crippen LogP contribution in [0.2, 0.25) is 0 Å². The number of carbonyl (C=O) groups is 1. The molecule has 7 heteroatoms. The zero-order valence-corrected chi connectivity index (χ0v) is 17.4. The van der Waals surface area contributed by atoms with Crippen molar-refractivity contribution in [2.24, 2.45) is 5.92 Å². The minimum absolute atomic E-state index is 0.0391. The molecular formula is C20H31N3O3S. The van der Waals surface area contributed by atoms with E-state index in [0.717, 1.165) is 12.8 Å². The molecular weight excluding hydrogens is 362 g/mol. The fourth-order valence-electron chi connectivity index (χ4n) is 4.30. The van der Waals surface area contributed by atoms with Crippen molar-refractivity contribution in [1.29, 1.82) is 0 Å². The molecule has 0 saturated carbocycles. The Morgan fingerprint density at radius 2 is 1.81 bits per heavy atom. The molecule has 1 amide bonds. The number of anilines is 1. The van der Waals surface area contributed by atoms with Gasteiger partial charge in [-0.3, -0.25) is 4.79 Å². The zero-order chi connectivity index (χ0) is 19.8. The second kappa shape index (κ2) is 7.53. The highest BCUT2D eigenvalue weighted by Crippen LogP contribution is 2.33. The van der Waals surface area contributed by atoms with Gasteiger partial charge in [-0.05, 0) is 77.0 Å². The largest absolute Gasteiger partial charge is 0.326 e. The second-order valence-electron chi connectivity index (χ2n) is 9.01. The SMILES string of the molecule is Cc1c(NC(=O)CC2CC3CCC(C2)N3)cccc1S(=O)(=O)NC(C)(C)C. The van der Waals surface area contributed by atoms with Crippen LogP contribution in [0, 0.1) is 12.8 Å². The summed E-state index contributed by atoms with van der Waals surface area (Å²) in [6.45, 7) is 7.14. The summed E-state index contributed by atoms with van der Waals surface area (Å²) in [6.07, 6.45) is 5.01. The summed E-state index contributed by atoms with van der Waals surface area (Å²) in [5, 5.41) is 6.52. The number of rotatable bonds is 5. The van der Waals surface area contributed by atoms with E-state index < -0.39 is 15.6 Å². The number of carbonyl (C=O) groups excluding carboxylic acids is 1. The smallest absolute Gasteiger partial charge is 0.241 e. The molecule has 1 aromatic carbocycles. The van der Waals surface area contributed by atoms with Crippen LogP contribution in [0.15, 0.2) is 23.1 Å². The minimum atomic E-state index is -3.65. The van der Waals surface area contributed by atoms with Crippen LogP contribution in [-0.4, -0.2) is 31.9 Å². The summed E-state index contributed by atoms with van der Waals surface area (Å²) >= 11 is 0. The maximum absolute atomic E-state index is 12.7. The van der Waals surface area contributed by atoms with Gasteiger partial charge in [-0.15, -0.1) is 0 Å². The standard InChI is InChI=1S/C20H31N3O3S/c1-13-17(6-5-7-18(13)27(25,26)23-20(2,3)4)22-19(24)12-14-10-15-8-9-16(11-14)21-15/h5-7,14-16,21,23H,8-12H2,1-4H3,(H,22,24). The molecule has 27 heavy (non-hydrogen) atoms. The van der Waals surface area contributed by atoms with Gasteiger partial charge in [0.1, 0.15) is 0 Å². The topological polar surface area (TPSA) is 87.3 Å². The van der Waals surface area contributed by atoms with Crippen LogP contribution in [0.5, 0.6) is 0 Å². The van der Waals surface area contributed by atoms with E-state index in [2.05, 4.69) is 15.4 Å². The van der Waals surface area contributed by atoms with Gasteiger partial charge in [-0.2, -0.15) is 0 Å². The normalized spacial score (nSPS) is 25.4. The van der Waals surface area contributed by atoms with Gasteiger partial charge in [-0.1, -0.05) is 6.07 Å². The highest BCUT2D eigenvalue weighted by Gasteiger charge is 2.34. The molecule has 2 saturated heterocycles. The van der Waals surface area contributed by atoms with Crippen LogP contribution in [-0.2, 0) is 14.8 Å². The van der Waals surface area contributed by atoms with Crippen LogP contribution in [0.1, 0.15) is 58.4 Å². The molecule has 0 spiro atoms. The third-order valence-electron chi connectivity index (χ3n) is 5.33. The van der Waals surface area contributed by atoms with Crippen molar-refractivity contribution >= 4 is 21.6 Å². The number of nitrogens with one attached hydrogen (secondary N) is 3. The summed E-state index contributed by atoms with van der Waals surface area (Å²) in [7, 11) is -3.65. The number of piperidine rings is 1. The Morgan fingerprint density at radius 3 is 2.41 bits per heavy atom. The van der Waals surface area contributed by atoms with E-state index in [1.807, 2.05) is 0 Å². The van der Waals surface area contributed by atoms with Crippen LogP contribution >= 0.6 is 0 Å². The quantitative estimate of drug-likeness (QED) is 0.718. The predicted octanol–water partition coefficient (Wildman–Crippen LogP) is 2.93. The first-order valence-corrected chi connectivity index (χ1v) is 11.2. The van der Waals surface area contributed by atoms with Crippen LogP contribution < -0.4 is 15.4 Å². The molecule has 2 fully saturated rings. The molecule has 0 aliphatic carbocycles. The summed E-state index contributed by atoms with van der Waals surface area (Å²) in [4.78, 5) is 12.8. The van der Waals surface area contributed by atoms with Gasteiger partial charge < -0.3 is 10.6 Å². The van der Waals surface area contributed by atoms with Crippen molar-refractivity contribution in [3.8, 4) is 0 Å². The molecule has 6 nitrogen and oxygen atoms in total. The first-order valence-electron chi connectivity index (χ1n) is 9.73. The summed E-state index contributed by atoms with van der Waals surface area (Å²) < 4.78 is 28.0. The highest BCUT2D eigenvalue weighted by atomic mass is 32.2. The van der Waals surface area contributed by atoms with Crippen molar-refractivity contribution in [2.75, 3.05) is 5.32 Å². The predicted molar refractivity (Wildman–Crippen MR) is 107 cm³/mol. The first kappa shape index (κ1) is 20.3. The van der Waals surface area contributed by atoms with Gasteiger partial charge in [0.25, 0.3) is 0 Å². The molecule has 150 valence electrons. The van der Waals surface area contributed by atoms with Crippen molar-refractivity contribution in [3.05, 3.63) is 23.8 Å². The monoisotopic (exact) mass is 393 g/mol. The van der Waals surface area contributed by atoms with E-state index in [4.69, 9.17) is 0 Å². The molecule has 3 rings (SSSR count). The number of amides is 1. The lowest BCUT2D eigenvalue weighted by Gasteiger charge is -2.28. The molecule has 2 aliphatic rings. The summed E-state index contributed by atoms with van der Waals surface area (Å²) in [5.74, 6) is 0.362. The average Bonchev–Trinajstić information content (AvgIpc) is 2.85. The molecule has 2 bridgehead atoms. The number of fused-ring (bicyclic) bond motifs is 2. The Hall–Kier alpha value is -1.44. The Kier molecular flexibility index (Phi) is 5.66. The number of hydrogen-bond acceptors (Lipinski definition) is 4. The number of sulfonamides is 1. The maximum Gasteiger partial charge on any atom is 0.241 e. The Labute approximate surface area is 162 Å². The van der Waals surface area contributed by atoms with E-state index in [1.54, 1.807) is 45.9 Å². The Bertz CT molecular complexity index is 802. The molecule has 2 unspecified atom stereocenters. The third kappa shape index (κ3) is 5.09. The van der Waals surface area contributed by atoms with Crippen molar-refractivity contribution < 1.29 is 13.2 Å². The first-order chi connectivity index (χ1) is 12.5. The van der Waals surface area contributed by atoms with Crippen molar-refractivity contribution in [1.82, 2.24) is 10.0 Å². The molecule has 0 radical (unpaired) electrons. The van der Waals surface area contributed by atoms with Gasteiger partial charge in [0.15, 0.2) is 0 Å². The lowest BCUT2D eigenvalue weighted by atomic mass is 9.89. The number of benzene rings is 1. The molecule has 2 atom stereocenters. The van der Waals surface area contributed by atoms with E-state index in [0.29, 0.717) is 35.7 Å². The highest BCUT2D eigenvalue weighted by molar-refractivity contribution is 7.89. The van der Waals surface area contributed by atoms with Gasteiger partial charge >= 0.3 is 0 Å². The summed E-state index contributed by atoms with van der Waals surface area (Å²) in [5.41, 5.74) is 0.556. The molecule has 0 aromatic heterocycles. The van der Waals surface area contributed by atoms with Crippen LogP contribution in [0.3, 0.4) is 0 Å². The van der Waals surface area contributed by atoms with E-state index >= 15 is 0 Å². The van der Waals surface area contributed by atoms with Gasteiger partial charge in [0, 0.05) is 29.7 Å². The van der Waals surface area contributed by atoms with E-state index in [-0.39, 0.29) is 10.8 Å². The van der Waals surface area contributed by atoms with Gasteiger partial charge in [0.2, 0.25) is 15.9 Å². The van der Waals surface area contributed by atoms with Crippen LogP contribution in [0.4, 0.5) is 5.69 Å². The molecule has 1 aromatic rings. The van der Waals surface area contributed by atoms with Crippen molar-refractivity contribution in [3.63, 3.8) is 0 Å². The zero-order valence-electron chi connectivity index (χ0n) is 16.6. The van der Waals surface area contributed by atoms with Crippen molar-refractivity contribution in [2.45, 2.75) is 82.3 Å². The fraction of sp³-hybridized carbons (Fsp3) is 0.650. The maximum atomic E-state index is 12.7. The lowest BCUT2D eigenvalue weighted by Crippen LogP contribution is -2.40. The van der Waals surface area contributed by atoms with Gasteiger partial charge in [-0.25, -0.2) is 13.1 Å². The lowest BCUT2D eigenvalue weighted by molar-refractivity contribution is -0.117. The van der Waals surface area contributed by atoms with E-state index in [1.165, 1.54) is 12.8 Å². The van der Waals surface area contributed by atoms with Gasteiger partial charge in [0.05, 0.1) is 4.90 Å². The van der Waals surface area contributed by atoms with Crippen LogP contribution in [0.25, 0.3) is 0 Å². The van der Waals surface area contributed by atoms with E-state index in [9.17, 15) is 13.2 Å².